The first-order chi connectivity index (χ1) is 20.1. The van der Waals surface area contributed by atoms with Crippen molar-refractivity contribution in [2.24, 2.45) is 0 Å². The molecule has 8 nitrogen and oxygen atoms in total. The minimum atomic E-state index is -1.26. The van der Waals surface area contributed by atoms with Crippen LogP contribution in [0.2, 0.25) is 0 Å². The van der Waals surface area contributed by atoms with Crippen LogP contribution in [-0.2, 0) is 12.8 Å². The summed E-state index contributed by atoms with van der Waals surface area (Å²) in [5.74, 6) is -4.96. The normalized spacial score (nSPS) is 11.7. The standard InChI is InChI=1S/C34H32O8/c1-3-5-7-9-17-18(10-8-6-4-2)30(34(41)42)29-24(33(39)40)15-12-20-19-11-14-22(31(35)36)27-23(32(37)38)16-13-21(25(19)27)26(17)28(20)29/h11-16H,3-10H2,1-2H3,(H,35,36)(H,37,38)(H,39,40)(H,41,42). The van der Waals surface area contributed by atoms with E-state index in [1.807, 2.05) is 0 Å². The highest BCUT2D eigenvalue weighted by molar-refractivity contribution is 6.38. The first-order valence-electron chi connectivity index (χ1n) is 14.3. The van der Waals surface area contributed by atoms with Crippen LogP contribution in [0.4, 0.5) is 0 Å². The Bertz CT molecular complexity index is 1900. The van der Waals surface area contributed by atoms with Crippen LogP contribution in [0.15, 0.2) is 36.4 Å². The third-order valence-corrected chi connectivity index (χ3v) is 8.36. The Kier molecular flexibility index (Phi) is 7.73. The maximum Gasteiger partial charge on any atom is 0.336 e. The van der Waals surface area contributed by atoms with Gasteiger partial charge in [-0.2, -0.15) is 0 Å². The highest BCUT2D eigenvalue weighted by Crippen LogP contribution is 2.47. The highest BCUT2D eigenvalue weighted by Gasteiger charge is 2.30. The van der Waals surface area contributed by atoms with E-state index in [1.54, 1.807) is 18.2 Å². The monoisotopic (exact) mass is 568 g/mol. The van der Waals surface area contributed by atoms with Gasteiger partial charge in [-0.15, -0.1) is 0 Å². The zero-order valence-electron chi connectivity index (χ0n) is 23.5. The van der Waals surface area contributed by atoms with E-state index in [0.717, 1.165) is 44.1 Å². The first-order valence-corrected chi connectivity index (χ1v) is 14.3. The van der Waals surface area contributed by atoms with E-state index in [4.69, 9.17) is 0 Å². The van der Waals surface area contributed by atoms with Gasteiger partial charge >= 0.3 is 23.9 Å². The molecule has 0 aromatic heterocycles. The molecule has 0 saturated heterocycles. The van der Waals surface area contributed by atoms with E-state index in [-0.39, 0.29) is 33.0 Å². The second-order valence-corrected chi connectivity index (χ2v) is 10.8. The van der Waals surface area contributed by atoms with Gasteiger partial charge < -0.3 is 20.4 Å². The summed E-state index contributed by atoms with van der Waals surface area (Å²) in [6.45, 7) is 4.13. The summed E-state index contributed by atoms with van der Waals surface area (Å²) in [7, 11) is 0. The van der Waals surface area contributed by atoms with Gasteiger partial charge in [-0.1, -0.05) is 57.7 Å². The van der Waals surface area contributed by atoms with Crippen molar-refractivity contribution in [3.8, 4) is 0 Å². The molecular formula is C34H32O8. The number of fused-ring (bicyclic) bond motifs is 2. The minimum absolute atomic E-state index is 0.000363. The first kappa shape index (κ1) is 28.8. The fourth-order valence-corrected chi connectivity index (χ4v) is 6.60. The molecule has 4 N–H and O–H groups in total. The Hall–Kier alpha value is -4.72. The van der Waals surface area contributed by atoms with E-state index in [1.165, 1.54) is 18.2 Å². The lowest BCUT2D eigenvalue weighted by molar-refractivity contribution is 0.0680. The predicted molar refractivity (Wildman–Crippen MR) is 162 cm³/mol. The minimum Gasteiger partial charge on any atom is -0.478 e. The van der Waals surface area contributed by atoms with Gasteiger partial charge in [-0.05, 0) is 87.3 Å². The zero-order valence-corrected chi connectivity index (χ0v) is 23.5. The number of carbonyl (C=O) groups is 4. The van der Waals surface area contributed by atoms with Gasteiger partial charge in [-0.25, -0.2) is 19.2 Å². The van der Waals surface area contributed by atoms with Gasteiger partial charge in [0.25, 0.3) is 0 Å². The number of aromatic carboxylic acids is 4. The lowest BCUT2D eigenvalue weighted by Gasteiger charge is -2.24. The van der Waals surface area contributed by atoms with Gasteiger partial charge in [-0.3, -0.25) is 0 Å². The van der Waals surface area contributed by atoms with Crippen molar-refractivity contribution in [1.82, 2.24) is 0 Å². The van der Waals surface area contributed by atoms with E-state index in [2.05, 4.69) is 13.8 Å². The van der Waals surface area contributed by atoms with Gasteiger partial charge in [0.05, 0.1) is 22.3 Å². The number of hydrogen-bond donors (Lipinski definition) is 4. The van der Waals surface area contributed by atoms with Gasteiger partial charge in [0, 0.05) is 10.8 Å². The maximum absolute atomic E-state index is 13.0. The molecule has 5 aromatic carbocycles. The number of benzene rings is 5. The summed E-state index contributed by atoms with van der Waals surface area (Å²) in [6.07, 6.45) is 6.13. The quantitative estimate of drug-likeness (QED) is 0.0672. The third-order valence-electron chi connectivity index (χ3n) is 8.36. The summed E-state index contributed by atoms with van der Waals surface area (Å²) < 4.78 is 0. The summed E-state index contributed by atoms with van der Waals surface area (Å²) in [6, 6.07) is 9.03. The Morgan fingerprint density at radius 1 is 0.476 bits per heavy atom. The summed E-state index contributed by atoms with van der Waals surface area (Å²) in [4.78, 5) is 50.2. The van der Waals surface area contributed by atoms with Crippen LogP contribution in [0, 0.1) is 0 Å². The Morgan fingerprint density at radius 3 is 1.40 bits per heavy atom. The lowest BCUT2D eigenvalue weighted by atomic mass is 9.78. The van der Waals surface area contributed by atoms with Gasteiger partial charge in [0.1, 0.15) is 0 Å². The molecule has 5 rings (SSSR count). The predicted octanol–water partition coefficient (Wildman–Crippen LogP) is 8.00. The van der Waals surface area contributed by atoms with Crippen LogP contribution in [0.25, 0.3) is 43.1 Å². The molecule has 0 bridgehead atoms. The molecule has 0 aliphatic carbocycles. The molecule has 8 heteroatoms. The largest absolute Gasteiger partial charge is 0.478 e. The van der Waals surface area contributed by atoms with E-state index in [9.17, 15) is 39.6 Å². The SMILES string of the molecule is CCCCCc1c(C(=O)O)c2c(C(=O)O)ccc3c4ccc(C(=O)O)c5c(C(=O)O)ccc(c(c1CCCCC)c23)c54. The van der Waals surface area contributed by atoms with Crippen LogP contribution in [0.3, 0.4) is 0 Å². The lowest BCUT2D eigenvalue weighted by Crippen LogP contribution is -2.13. The fraction of sp³-hybridized carbons (Fsp3) is 0.294. The van der Waals surface area contributed by atoms with Crippen LogP contribution in [0.5, 0.6) is 0 Å². The zero-order chi connectivity index (χ0) is 30.3. The van der Waals surface area contributed by atoms with Crippen LogP contribution >= 0.6 is 0 Å². The molecule has 0 aliphatic rings. The molecule has 0 amide bonds. The molecule has 0 fully saturated rings. The molecule has 42 heavy (non-hydrogen) atoms. The summed E-state index contributed by atoms with van der Waals surface area (Å²) >= 11 is 0. The van der Waals surface area contributed by atoms with Crippen molar-refractivity contribution >= 4 is 67.0 Å². The second kappa shape index (κ2) is 11.3. The average Bonchev–Trinajstić information content (AvgIpc) is 2.95. The number of rotatable bonds is 12. The van der Waals surface area contributed by atoms with Crippen molar-refractivity contribution in [1.29, 1.82) is 0 Å². The number of carboxylic acid groups (broad SMARTS) is 4. The molecule has 0 saturated carbocycles. The molecular weight excluding hydrogens is 536 g/mol. The highest BCUT2D eigenvalue weighted by atomic mass is 16.4. The maximum atomic E-state index is 13.0. The van der Waals surface area contributed by atoms with Crippen molar-refractivity contribution < 1.29 is 39.6 Å². The van der Waals surface area contributed by atoms with E-state index >= 15 is 0 Å². The van der Waals surface area contributed by atoms with Crippen molar-refractivity contribution in [3.63, 3.8) is 0 Å². The fourth-order valence-electron chi connectivity index (χ4n) is 6.60. The van der Waals surface area contributed by atoms with E-state index < -0.39 is 23.9 Å². The van der Waals surface area contributed by atoms with Crippen LogP contribution in [-0.4, -0.2) is 44.3 Å². The molecule has 0 heterocycles. The average molecular weight is 569 g/mol. The van der Waals surface area contributed by atoms with Gasteiger partial charge in [0.2, 0.25) is 0 Å². The molecule has 0 atom stereocenters. The van der Waals surface area contributed by atoms with Crippen molar-refractivity contribution in [2.75, 3.05) is 0 Å². The second-order valence-electron chi connectivity index (χ2n) is 10.8. The number of carboxylic acids is 4. The van der Waals surface area contributed by atoms with Gasteiger partial charge in [0.15, 0.2) is 0 Å². The Balaban J connectivity index is 2.14. The molecule has 0 spiro atoms. The van der Waals surface area contributed by atoms with Crippen molar-refractivity contribution in [2.45, 2.75) is 65.2 Å². The Labute approximate surface area is 241 Å². The van der Waals surface area contributed by atoms with Crippen LogP contribution in [0.1, 0.15) is 105 Å². The summed E-state index contributed by atoms with van der Waals surface area (Å²) in [5.41, 5.74) is 1.000. The van der Waals surface area contributed by atoms with Crippen molar-refractivity contribution in [3.05, 3.63) is 69.8 Å². The number of unbranched alkanes of at least 4 members (excludes halogenated alkanes) is 4. The molecule has 216 valence electrons. The molecule has 0 unspecified atom stereocenters. The number of hydrogen-bond acceptors (Lipinski definition) is 4. The topological polar surface area (TPSA) is 149 Å². The smallest absolute Gasteiger partial charge is 0.336 e. The molecule has 0 radical (unpaired) electrons. The summed E-state index contributed by atoms with van der Waals surface area (Å²) in [5, 5.41) is 44.5. The van der Waals surface area contributed by atoms with Crippen LogP contribution < -0.4 is 0 Å². The third kappa shape index (κ3) is 4.47. The number of aryl methyl sites for hydroxylation is 1. The Morgan fingerprint density at radius 2 is 0.929 bits per heavy atom. The molecule has 5 aromatic rings. The van der Waals surface area contributed by atoms with E-state index in [0.29, 0.717) is 50.7 Å². The molecule has 0 aliphatic heterocycles.